The third-order valence-electron chi connectivity index (χ3n) is 2.91. The van der Waals surface area contributed by atoms with Crippen LogP contribution < -0.4 is 0 Å². The molecule has 74 valence electrons. The minimum absolute atomic E-state index is 0.274. The molecule has 0 unspecified atom stereocenters. The molecular weight excluding hydrogens is 168 g/mol. The third kappa shape index (κ3) is 1.75. The van der Waals surface area contributed by atoms with E-state index >= 15 is 0 Å². The van der Waals surface area contributed by atoms with Crippen molar-refractivity contribution in [3.8, 4) is 0 Å². The van der Waals surface area contributed by atoms with Gasteiger partial charge in [-0.1, -0.05) is 51.1 Å². The van der Waals surface area contributed by atoms with Gasteiger partial charge in [0.05, 0.1) is 0 Å². The first-order chi connectivity index (χ1) is 6.57. The van der Waals surface area contributed by atoms with Crippen LogP contribution in [0.4, 0.5) is 0 Å². The Morgan fingerprint density at radius 3 is 2.21 bits per heavy atom. The fourth-order valence-electron chi connectivity index (χ4n) is 1.90. The summed E-state index contributed by atoms with van der Waals surface area (Å²) in [6, 6.07) is 6.94. The molecule has 0 heterocycles. The Balaban J connectivity index is 2.41. The number of rotatable bonds is 0. The Bertz CT molecular complexity index is 364. The first-order valence-electron chi connectivity index (χ1n) is 5.34. The van der Waals surface area contributed by atoms with Crippen LogP contribution in [0.5, 0.6) is 0 Å². The quantitative estimate of drug-likeness (QED) is 0.543. The normalized spacial score (nSPS) is 15.4. The molecule has 0 aliphatic heterocycles. The van der Waals surface area contributed by atoms with Crippen molar-refractivity contribution in [2.24, 2.45) is 0 Å². The van der Waals surface area contributed by atoms with E-state index < -0.39 is 0 Å². The van der Waals surface area contributed by atoms with E-state index in [0.29, 0.717) is 0 Å². The van der Waals surface area contributed by atoms with Crippen molar-refractivity contribution in [2.75, 3.05) is 0 Å². The summed E-state index contributed by atoms with van der Waals surface area (Å²) in [5, 5.41) is 0. The molecule has 0 amide bonds. The predicted molar refractivity (Wildman–Crippen MR) is 61.7 cm³/mol. The Kier molecular flexibility index (Phi) is 2.22. The number of hydrogen-bond donors (Lipinski definition) is 0. The summed E-state index contributed by atoms with van der Waals surface area (Å²) in [6.07, 6.45) is 6.76. The van der Waals surface area contributed by atoms with Crippen LogP contribution in [-0.2, 0) is 18.3 Å². The Morgan fingerprint density at radius 2 is 1.57 bits per heavy atom. The van der Waals surface area contributed by atoms with Gasteiger partial charge in [0.1, 0.15) is 0 Å². The van der Waals surface area contributed by atoms with Gasteiger partial charge in [0.25, 0.3) is 0 Å². The SMILES string of the molecule is CC(C)(C)c1ccc2c(c1)CC=CC2. The molecule has 0 aromatic heterocycles. The molecule has 1 aliphatic carbocycles. The highest BCUT2D eigenvalue weighted by Crippen LogP contribution is 2.26. The van der Waals surface area contributed by atoms with Gasteiger partial charge < -0.3 is 0 Å². The maximum Gasteiger partial charge on any atom is -0.00944 e. The van der Waals surface area contributed by atoms with Gasteiger partial charge in [-0.3, -0.25) is 0 Å². The molecule has 14 heavy (non-hydrogen) atoms. The van der Waals surface area contributed by atoms with E-state index in [4.69, 9.17) is 0 Å². The average Bonchev–Trinajstić information content (AvgIpc) is 2.16. The van der Waals surface area contributed by atoms with Crippen molar-refractivity contribution in [2.45, 2.75) is 39.0 Å². The van der Waals surface area contributed by atoms with Crippen molar-refractivity contribution in [1.29, 1.82) is 0 Å². The second-order valence-corrected chi connectivity index (χ2v) is 5.11. The molecule has 0 heteroatoms. The van der Waals surface area contributed by atoms with Crippen molar-refractivity contribution in [3.63, 3.8) is 0 Å². The Labute approximate surface area is 86.7 Å². The molecule has 0 fully saturated rings. The molecular formula is C14H18. The molecule has 2 rings (SSSR count). The van der Waals surface area contributed by atoms with Crippen molar-refractivity contribution in [1.82, 2.24) is 0 Å². The Morgan fingerprint density at radius 1 is 0.929 bits per heavy atom. The van der Waals surface area contributed by atoms with E-state index in [1.54, 1.807) is 0 Å². The van der Waals surface area contributed by atoms with Gasteiger partial charge in [-0.25, -0.2) is 0 Å². The van der Waals surface area contributed by atoms with E-state index in [0.717, 1.165) is 12.8 Å². The van der Waals surface area contributed by atoms with Gasteiger partial charge in [0.15, 0.2) is 0 Å². The fraction of sp³-hybridized carbons (Fsp3) is 0.429. The summed E-state index contributed by atoms with van der Waals surface area (Å²) >= 11 is 0. The molecule has 0 spiro atoms. The minimum Gasteiger partial charge on any atom is -0.0838 e. The zero-order chi connectivity index (χ0) is 10.2. The summed E-state index contributed by atoms with van der Waals surface area (Å²) in [5.41, 5.74) is 4.74. The maximum atomic E-state index is 2.37. The van der Waals surface area contributed by atoms with Crippen LogP contribution in [0.15, 0.2) is 30.4 Å². The van der Waals surface area contributed by atoms with Crippen molar-refractivity contribution in [3.05, 3.63) is 47.0 Å². The standard InChI is InChI=1S/C14H18/c1-14(2,3)13-9-8-11-6-4-5-7-12(11)10-13/h4-5,8-10H,6-7H2,1-3H3. The first-order valence-corrected chi connectivity index (χ1v) is 5.34. The molecule has 0 bridgehead atoms. The van der Waals surface area contributed by atoms with Crippen LogP contribution in [0.2, 0.25) is 0 Å². The van der Waals surface area contributed by atoms with Gasteiger partial charge in [-0.15, -0.1) is 0 Å². The highest BCUT2D eigenvalue weighted by atomic mass is 14.2. The second-order valence-electron chi connectivity index (χ2n) is 5.11. The summed E-state index contributed by atoms with van der Waals surface area (Å²) in [6.45, 7) is 6.81. The largest absolute Gasteiger partial charge is 0.0838 e. The molecule has 0 nitrogen and oxygen atoms in total. The van der Waals surface area contributed by atoms with Gasteiger partial charge >= 0.3 is 0 Å². The summed E-state index contributed by atoms with van der Waals surface area (Å²) in [7, 11) is 0. The van der Waals surface area contributed by atoms with Crippen LogP contribution in [0, 0.1) is 0 Å². The third-order valence-corrected chi connectivity index (χ3v) is 2.91. The minimum atomic E-state index is 0.274. The number of hydrogen-bond acceptors (Lipinski definition) is 0. The fourth-order valence-corrected chi connectivity index (χ4v) is 1.90. The van der Waals surface area contributed by atoms with Crippen molar-refractivity contribution < 1.29 is 0 Å². The molecule has 0 N–H and O–H groups in total. The lowest BCUT2D eigenvalue weighted by Gasteiger charge is -2.22. The summed E-state index contributed by atoms with van der Waals surface area (Å²) in [4.78, 5) is 0. The van der Waals surface area contributed by atoms with E-state index in [9.17, 15) is 0 Å². The molecule has 0 atom stereocenters. The maximum absolute atomic E-state index is 2.37. The van der Waals surface area contributed by atoms with Crippen LogP contribution in [0.3, 0.4) is 0 Å². The zero-order valence-corrected chi connectivity index (χ0v) is 9.30. The molecule has 0 saturated carbocycles. The predicted octanol–water partition coefficient (Wildman–Crippen LogP) is 3.64. The lowest BCUT2D eigenvalue weighted by molar-refractivity contribution is 0.589. The monoisotopic (exact) mass is 186 g/mol. The van der Waals surface area contributed by atoms with Gasteiger partial charge in [0.2, 0.25) is 0 Å². The summed E-state index contributed by atoms with van der Waals surface area (Å²) in [5.74, 6) is 0. The lowest BCUT2D eigenvalue weighted by Crippen LogP contribution is -2.12. The molecule has 1 aromatic carbocycles. The van der Waals surface area contributed by atoms with Crippen LogP contribution in [0.1, 0.15) is 37.5 Å². The first kappa shape index (κ1) is 9.51. The molecule has 1 aliphatic rings. The number of fused-ring (bicyclic) bond motifs is 1. The second kappa shape index (κ2) is 3.27. The summed E-state index contributed by atoms with van der Waals surface area (Å²) < 4.78 is 0. The topological polar surface area (TPSA) is 0 Å². The highest BCUT2D eigenvalue weighted by Gasteiger charge is 2.15. The smallest absolute Gasteiger partial charge is 0.00944 e. The molecule has 0 radical (unpaired) electrons. The Hall–Kier alpha value is -1.04. The average molecular weight is 186 g/mol. The van der Waals surface area contributed by atoms with Crippen LogP contribution in [-0.4, -0.2) is 0 Å². The number of benzene rings is 1. The highest BCUT2D eigenvalue weighted by molar-refractivity contribution is 5.39. The van der Waals surface area contributed by atoms with Gasteiger partial charge in [0, 0.05) is 0 Å². The van der Waals surface area contributed by atoms with E-state index in [1.165, 1.54) is 16.7 Å². The van der Waals surface area contributed by atoms with Gasteiger partial charge in [-0.05, 0) is 34.9 Å². The zero-order valence-electron chi connectivity index (χ0n) is 9.30. The van der Waals surface area contributed by atoms with Crippen LogP contribution in [0.25, 0.3) is 0 Å². The van der Waals surface area contributed by atoms with Crippen LogP contribution >= 0.6 is 0 Å². The van der Waals surface area contributed by atoms with Gasteiger partial charge in [-0.2, -0.15) is 0 Å². The number of allylic oxidation sites excluding steroid dienone is 2. The van der Waals surface area contributed by atoms with E-state index in [1.807, 2.05) is 0 Å². The molecule has 0 saturated heterocycles. The molecule has 1 aromatic rings. The van der Waals surface area contributed by atoms with E-state index in [2.05, 4.69) is 51.1 Å². The van der Waals surface area contributed by atoms with Crippen molar-refractivity contribution >= 4 is 0 Å². The van der Waals surface area contributed by atoms with E-state index in [-0.39, 0.29) is 5.41 Å². The lowest BCUT2D eigenvalue weighted by atomic mass is 9.83.